The van der Waals surface area contributed by atoms with E-state index in [2.05, 4.69) is 0 Å². The Hall–Kier alpha value is 0.0700. The van der Waals surface area contributed by atoms with Crippen molar-refractivity contribution < 1.29 is 8.95 Å². The van der Waals surface area contributed by atoms with E-state index in [1.165, 1.54) is 0 Å². The van der Waals surface area contributed by atoms with Crippen molar-refractivity contribution in [3.63, 3.8) is 0 Å². The van der Waals surface area contributed by atoms with Crippen molar-refractivity contribution in [1.82, 2.24) is 0 Å². The zero-order valence-corrected chi connectivity index (χ0v) is 7.32. The molecule has 2 atom stereocenters. The Kier molecular flexibility index (Phi) is 5.87. The summed E-state index contributed by atoms with van der Waals surface area (Å²) in [6.45, 7) is 4.33. The number of rotatable bonds is 5. The summed E-state index contributed by atoms with van der Waals surface area (Å²) in [6, 6.07) is 0.00119. The van der Waals surface area contributed by atoms with Crippen LogP contribution in [0.2, 0.25) is 0 Å². The molecule has 2 N–H and O–H groups in total. The van der Waals surface area contributed by atoms with Crippen LogP contribution in [0.3, 0.4) is 0 Å². The molecule has 0 radical (unpaired) electrons. The Morgan fingerprint density at radius 3 is 2.70 bits per heavy atom. The number of hydrogen-bond acceptors (Lipinski definition) is 3. The van der Waals surface area contributed by atoms with Gasteiger partial charge < -0.3 is 10.5 Å². The minimum Gasteiger partial charge on any atom is -0.369 e. The summed E-state index contributed by atoms with van der Waals surface area (Å²) in [5, 5.41) is 0. The van der Waals surface area contributed by atoms with Crippen LogP contribution < -0.4 is 5.73 Å². The van der Waals surface area contributed by atoms with Crippen LogP contribution >= 0.6 is 0 Å². The normalized spacial score (nSPS) is 16.7. The molecule has 0 fully saturated rings. The second kappa shape index (κ2) is 5.82. The summed E-state index contributed by atoms with van der Waals surface area (Å²) in [7, 11) is -0.897. The van der Waals surface area contributed by atoms with E-state index < -0.39 is 10.8 Å². The highest BCUT2D eigenvalue weighted by Gasteiger charge is 2.01. The van der Waals surface area contributed by atoms with Crippen molar-refractivity contribution in [3.8, 4) is 0 Å². The van der Waals surface area contributed by atoms with Crippen LogP contribution in [0.1, 0.15) is 13.8 Å². The molecule has 0 aliphatic heterocycles. The lowest BCUT2D eigenvalue weighted by molar-refractivity contribution is 0.196. The fraction of sp³-hybridized carbons (Fsp3) is 1.00. The predicted molar refractivity (Wildman–Crippen MR) is 43.2 cm³/mol. The molecular weight excluding hydrogens is 150 g/mol. The highest BCUT2D eigenvalue weighted by atomic mass is 32.2. The maximum absolute atomic E-state index is 10.9. The van der Waals surface area contributed by atoms with E-state index in [9.17, 15) is 4.21 Å². The Morgan fingerprint density at radius 2 is 2.30 bits per heavy atom. The van der Waals surface area contributed by atoms with E-state index in [1.807, 2.05) is 13.8 Å². The summed E-state index contributed by atoms with van der Waals surface area (Å²) >= 11 is 0. The second-order valence-corrected chi connectivity index (χ2v) is 3.64. The third-order valence-corrected chi connectivity index (χ3v) is 2.19. The molecule has 0 amide bonds. The molecule has 0 heterocycles. The molecule has 10 heavy (non-hydrogen) atoms. The molecule has 0 spiro atoms. The molecule has 4 heteroatoms. The topological polar surface area (TPSA) is 52.3 Å². The second-order valence-electron chi connectivity index (χ2n) is 2.19. The van der Waals surface area contributed by atoms with Gasteiger partial charge in [0.1, 0.15) is 5.94 Å². The van der Waals surface area contributed by atoms with E-state index in [4.69, 9.17) is 10.5 Å². The van der Waals surface area contributed by atoms with Gasteiger partial charge in [-0.2, -0.15) is 0 Å². The average Bonchev–Trinajstić information content (AvgIpc) is 1.82. The smallest absolute Gasteiger partial charge is 0.122 e. The third kappa shape index (κ3) is 6.19. The number of ether oxygens (including phenoxy) is 1. The quantitative estimate of drug-likeness (QED) is 0.627. The Labute approximate surface area is 64.4 Å². The van der Waals surface area contributed by atoms with Gasteiger partial charge in [-0.25, -0.2) is 0 Å². The van der Waals surface area contributed by atoms with Crippen molar-refractivity contribution in [2.45, 2.75) is 19.9 Å². The van der Waals surface area contributed by atoms with Gasteiger partial charge in [0.2, 0.25) is 0 Å². The fourth-order valence-corrected chi connectivity index (χ4v) is 1.55. The molecule has 0 aromatic heterocycles. The zero-order valence-electron chi connectivity index (χ0n) is 6.50. The molecular formula is C6H15NO2S. The molecule has 0 saturated carbocycles. The van der Waals surface area contributed by atoms with Crippen molar-refractivity contribution in [3.05, 3.63) is 0 Å². The molecule has 0 aliphatic rings. The summed E-state index contributed by atoms with van der Waals surface area (Å²) in [5.74, 6) is 0.845. The van der Waals surface area contributed by atoms with Gasteiger partial charge in [0.25, 0.3) is 0 Å². The zero-order chi connectivity index (χ0) is 7.98. The van der Waals surface area contributed by atoms with E-state index in [-0.39, 0.29) is 6.04 Å². The summed E-state index contributed by atoms with van der Waals surface area (Å²) in [6.07, 6.45) is 0. The SMILES string of the molecule is CCOCS(=O)CC(C)N. The molecule has 0 aromatic rings. The molecule has 2 unspecified atom stereocenters. The van der Waals surface area contributed by atoms with Crippen LogP contribution in [0.5, 0.6) is 0 Å². The first-order valence-corrected chi connectivity index (χ1v) is 4.84. The predicted octanol–water partition coefficient (Wildman–Crippen LogP) is 0.0763. The molecule has 0 rings (SSSR count). The van der Waals surface area contributed by atoms with Crippen molar-refractivity contribution in [2.75, 3.05) is 18.3 Å². The summed E-state index contributed by atoms with van der Waals surface area (Å²) in [5.41, 5.74) is 5.42. The Balaban J connectivity index is 3.26. The molecule has 3 nitrogen and oxygen atoms in total. The van der Waals surface area contributed by atoms with Crippen molar-refractivity contribution in [2.24, 2.45) is 5.73 Å². The first-order valence-electron chi connectivity index (χ1n) is 3.35. The lowest BCUT2D eigenvalue weighted by Crippen LogP contribution is -2.24. The summed E-state index contributed by atoms with van der Waals surface area (Å²) < 4.78 is 15.9. The molecule has 62 valence electrons. The van der Waals surface area contributed by atoms with Gasteiger partial charge in [-0.15, -0.1) is 0 Å². The number of nitrogens with two attached hydrogens (primary N) is 1. The molecule has 0 aliphatic carbocycles. The average molecular weight is 165 g/mol. The van der Waals surface area contributed by atoms with E-state index in [0.717, 1.165) is 0 Å². The maximum Gasteiger partial charge on any atom is 0.122 e. The van der Waals surface area contributed by atoms with Gasteiger partial charge in [-0.1, -0.05) is 0 Å². The van der Waals surface area contributed by atoms with Gasteiger partial charge >= 0.3 is 0 Å². The Morgan fingerprint density at radius 1 is 1.70 bits per heavy atom. The molecule has 0 bridgehead atoms. The monoisotopic (exact) mass is 165 g/mol. The van der Waals surface area contributed by atoms with Gasteiger partial charge in [-0.05, 0) is 13.8 Å². The lowest BCUT2D eigenvalue weighted by atomic mass is 10.4. The standard InChI is InChI=1S/C6H15NO2S/c1-3-9-5-10(8)4-6(2)7/h6H,3-5,7H2,1-2H3. The van der Waals surface area contributed by atoms with Crippen LogP contribution in [-0.4, -0.2) is 28.5 Å². The van der Waals surface area contributed by atoms with Crippen LogP contribution in [0.15, 0.2) is 0 Å². The van der Waals surface area contributed by atoms with Crippen LogP contribution in [0.4, 0.5) is 0 Å². The van der Waals surface area contributed by atoms with E-state index in [1.54, 1.807) is 0 Å². The summed E-state index contributed by atoms with van der Waals surface area (Å²) in [4.78, 5) is 0. The lowest BCUT2D eigenvalue weighted by Gasteiger charge is -2.04. The van der Waals surface area contributed by atoms with Crippen molar-refractivity contribution in [1.29, 1.82) is 0 Å². The Bertz CT molecular complexity index is 106. The molecule has 0 aromatic carbocycles. The maximum atomic E-state index is 10.9. The van der Waals surface area contributed by atoms with Crippen LogP contribution in [0.25, 0.3) is 0 Å². The van der Waals surface area contributed by atoms with Crippen LogP contribution in [0, 0.1) is 0 Å². The highest BCUT2D eigenvalue weighted by molar-refractivity contribution is 7.84. The first kappa shape index (κ1) is 10.1. The fourth-order valence-electron chi connectivity index (χ4n) is 0.518. The van der Waals surface area contributed by atoms with Gasteiger partial charge in [0.05, 0.1) is 0 Å². The van der Waals surface area contributed by atoms with Crippen molar-refractivity contribution >= 4 is 10.8 Å². The molecule has 0 saturated heterocycles. The first-order chi connectivity index (χ1) is 4.66. The van der Waals surface area contributed by atoms with Crippen LogP contribution in [-0.2, 0) is 15.5 Å². The highest BCUT2D eigenvalue weighted by Crippen LogP contribution is 1.87. The third-order valence-electron chi connectivity index (χ3n) is 0.868. The minimum absolute atomic E-state index is 0.00119. The van der Waals surface area contributed by atoms with Gasteiger partial charge in [-0.3, -0.25) is 4.21 Å². The van der Waals surface area contributed by atoms with E-state index >= 15 is 0 Å². The number of hydrogen-bond donors (Lipinski definition) is 1. The van der Waals surface area contributed by atoms with Gasteiger partial charge in [0, 0.05) is 29.2 Å². The largest absolute Gasteiger partial charge is 0.369 e. The van der Waals surface area contributed by atoms with E-state index in [0.29, 0.717) is 18.3 Å². The minimum atomic E-state index is -0.897. The van der Waals surface area contributed by atoms with Gasteiger partial charge in [0.15, 0.2) is 0 Å².